The summed E-state index contributed by atoms with van der Waals surface area (Å²) in [5, 5.41) is 14.0. The molecule has 0 saturated heterocycles. The van der Waals surface area contributed by atoms with Crippen molar-refractivity contribution in [3.63, 3.8) is 0 Å². The number of hydrogen-bond donors (Lipinski definition) is 1. The monoisotopic (exact) mass is 240 g/mol. The van der Waals surface area contributed by atoms with Gasteiger partial charge in [-0.25, -0.2) is 14.8 Å². The summed E-state index contributed by atoms with van der Waals surface area (Å²) in [7, 11) is 0. The fraction of sp³-hybridized carbons (Fsp3) is 0.222. The smallest absolute Gasteiger partial charge is 0.355 e. The van der Waals surface area contributed by atoms with Crippen molar-refractivity contribution >= 4 is 28.6 Å². The zero-order valence-electron chi connectivity index (χ0n) is 7.93. The Balaban J connectivity index is 2.14. The lowest BCUT2D eigenvalue weighted by atomic mass is 10.4. The molecule has 0 fully saturated rings. The molecule has 0 bridgehead atoms. The molecule has 0 saturated carbocycles. The van der Waals surface area contributed by atoms with E-state index < -0.39 is 5.97 Å². The number of aromatic nitrogens is 2. The highest BCUT2D eigenvalue weighted by atomic mass is 32.1. The Morgan fingerprint density at radius 3 is 2.53 bits per heavy atom. The lowest BCUT2D eigenvalue weighted by Gasteiger charge is -1.89. The summed E-state index contributed by atoms with van der Waals surface area (Å²) in [6.45, 7) is 1.94. The quantitative estimate of drug-likeness (QED) is 0.893. The normalized spacial score (nSPS) is 10.5. The van der Waals surface area contributed by atoms with E-state index in [-0.39, 0.29) is 5.69 Å². The van der Waals surface area contributed by atoms with Crippen LogP contribution in [0.3, 0.4) is 0 Å². The SMILES string of the molecule is Cc1csc(Cc2nc(C(=O)O)cs2)n1. The zero-order chi connectivity index (χ0) is 10.8. The van der Waals surface area contributed by atoms with Gasteiger partial charge in [0, 0.05) is 16.5 Å². The van der Waals surface area contributed by atoms with Crippen LogP contribution in [0.15, 0.2) is 10.8 Å². The fourth-order valence-electron chi connectivity index (χ4n) is 1.10. The predicted molar refractivity (Wildman–Crippen MR) is 58.7 cm³/mol. The van der Waals surface area contributed by atoms with Gasteiger partial charge >= 0.3 is 5.97 Å². The number of carboxylic acids is 1. The van der Waals surface area contributed by atoms with E-state index in [1.165, 1.54) is 11.3 Å². The summed E-state index contributed by atoms with van der Waals surface area (Å²) in [5.74, 6) is -0.979. The molecule has 2 heterocycles. The molecule has 0 aliphatic carbocycles. The van der Waals surface area contributed by atoms with E-state index in [1.807, 2.05) is 12.3 Å². The van der Waals surface area contributed by atoms with Crippen molar-refractivity contribution in [2.24, 2.45) is 0 Å². The Bertz CT molecular complexity index is 490. The van der Waals surface area contributed by atoms with E-state index in [9.17, 15) is 4.79 Å². The van der Waals surface area contributed by atoms with Crippen LogP contribution in [0.25, 0.3) is 0 Å². The van der Waals surface area contributed by atoms with Crippen LogP contribution in [0.5, 0.6) is 0 Å². The molecule has 0 unspecified atom stereocenters. The lowest BCUT2D eigenvalue weighted by Crippen LogP contribution is -1.96. The molecule has 0 aliphatic rings. The molecule has 78 valence electrons. The van der Waals surface area contributed by atoms with Gasteiger partial charge in [0.15, 0.2) is 5.69 Å². The first-order chi connectivity index (χ1) is 7.15. The minimum atomic E-state index is -0.979. The van der Waals surface area contributed by atoms with E-state index >= 15 is 0 Å². The van der Waals surface area contributed by atoms with Gasteiger partial charge in [-0.05, 0) is 6.92 Å². The number of aryl methyl sites for hydroxylation is 1. The van der Waals surface area contributed by atoms with Crippen LogP contribution < -0.4 is 0 Å². The van der Waals surface area contributed by atoms with Crippen molar-refractivity contribution < 1.29 is 9.90 Å². The topological polar surface area (TPSA) is 63.1 Å². The van der Waals surface area contributed by atoms with Gasteiger partial charge < -0.3 is 5.11 Å². The zero-order valence-corrected chi connectivity index (χ0v) is 9.56. The van der Waals surface area contributed by atoms with Crippen LogP contribution >= 0.6 is 22.7 Å². The minimum absolute atomic E-state index is 0.114. The number of thiazole rings is 2. The van der Waals surface area contributed by atoms with E-state index in [4.69, 9.17) is 5.11 Å². The van der Waals surface area contributed by atoms with Crippen molar-refractivity contribution in [2.75, 3.05) is 0 Å². The second-order valence-electron chi connectivity index (χ2n) is 2.99. The molecule has 4 nitrogen and oxygen atoms in total. The highest BCUT2D eigenvalue weighted by Gasteiger charge is 2.10. The number of aromatic carboxylic acids is 1. The van der Waals surface area contributed by atoms with E-state index in [0.717, 1.165) is 15.7 Å². The molecule has 15 heavy (non-hydrogen) atoms. The Hall–Kier alpha value is -1.27. The van der Waals surface area contributed by atoms with E-state index in [0.29, 0.717) is 6.42 Å². The van der Waals surface area contributed by atoms with Crippen LogP contribution in [0, 0.1) is 6.92 Å². The second kappa shape index (κ2) is 4.08. The third-order valence-electron chi connectivity index (χ3n) is 1.74. The molecular weight excluding hydrogens is 232 g/mol. The molecule has 1 N–H and O–H groups in total. The first-order valence-corrected chi connectivity index (χ1v) is 6.00. The van der Waals surface area contributed by atoms with Crippen molar-refractivity contribution in [1.82, 2.24) is 9.97 Å². The largest absolute Gasteiger partial charge is 0.476 e. The Morgan fingerprint density at radius 1 is 1.33 bits per heavy atom. The maximum atomic E-state index is 10.6. The predicted octanol–water partition coefficient (Wildman–Crippen LogP) is 2.20. The molecular formula is C9H8N2O2S2. The van der Waals surface area contributed by atoms with Gasteiger partial charge in [-0.3, -0.25) is 0 Å². The van der Waals surface area contributed by atoms with Gasteiger partial charge in [-0.2, -0.15) is 0 Å². The summed E-state index contributed by atoms with van der Waals surface area (Å²) in [6, 6.07) is 0. The van der Waals surface area contributed by atoms with Gasteiger partial charge in [-0.15, -0.1) is 22.7 Å². The average Bonchev–Trinajstić information content (AvgIpc) is 2.76. The van der Waals surface area contributed by atoms with Crippen molar-refractivity contribution in [3.05, 3.63) is 32.2 Å². The minimum Gasteiger partial charge on any atom is -0.476 e. The Labute approximate surface area is 94.3 Å². The summed E-state index contributed by atoms with van der Waals surface area (Å²) in [4.78, 5) is 18.9. The molecule has 6 heteroatoms. The maximum absolute atomic E-state index is 10.6. The van der Waals surface area contributed by atoms with Crippen LogP contribution in [0.4, 0.5) is 0 Å². The van der Waals surface area contributed by atoms with Gasteiger partial charge in [0.05, 0.1) is 11.4 Å². The molecule has 2 rings (SSSR count). The molecule has 2 aromatic heterocycles. The van der Waals surface area contributed by atoms with Gasteiger partial charge in [0.25, 0.3) is 0 Å². The third kappa shape index (κ3) is 2.40. The Morgan fingerprint density at radius 2 is 2.00 bits per heavy atom. The standard InChI is InChI=1S/C9H8N2O2S2/c1-5-3-14-7(10-5)2-8-11-6(4-15-8)9(12)13/h3-4H,2H2,1H3,(H,12,13). The van der Waals surface area contributed by atoms with Gasteiger partial charge in [0.1, 0.15) is 5.01 Å². The van der Waals surface area contributed by atoms with Crippen molar-refractivity contribution in [1.29, 1.82) is 0 Å². The van der Waals surface area contributed by atoms with Crippen LogP contribution in [0.1, 0.15) is 26.2 Å². The van der Waals surface area contributed by atoms with Gasteiger partial charge in [0.2, 0.25) is 0 Å². The molecule has 0 radical (unpaired) electrons. The summed E-state index contributed by atoms with van der Waals surface area (Å²) in [6.07, 6.45) is 0.621. The number of rotatable bonds is 3. The van der Waals surface area contributed by atoms with Crippen LogP contribution in [-0.2, 0) is 6.42 Å². The number of carboxylic acid groups (broad SMARTS) is 1. The molecule has 0 aromatic carbocycles. The summed E-state index contributed by atoms with van der Waals surface area (Å²) >= 11 is 2.93. The summed E-state index contributed by atoms with van der Waals surface area (Å²) < 4.78 is 0. The van der Waals surface area contributed by atoms with Crippen molar-refractivity contribution in [2.45, 2.75) is 13.3 Å². The molecule has 0 spiro atoms. The summed E-state index contributed by atoms with van der Waals surface area (Å²) in [5.41, 5.74) is 1.10. The molecule has 0 atom stereocenters. The maximum Gasteiger partial charge on any atom is 0.355 e. The fourth-order valence-corrected chi connectivity index (χ4v) is 2.74. The van der Waals surface area contributed by atoms with E-state index in [2.05, 4.69) is 9.97 Å². The molecule has 0 aliphatic heterocycles. The van der Waals surface area contributed by atoms with Crippen molar-refractivity contribution in [3.8, 4) is 0 Å². The molecule has 2 aromatic rings. The first kappa shape index (κ1) is 10.3. The Kier molecular flexibility index (Phi) is 2.79. The first-order valence-electron chi connectivity index (χ1n) is 4.24. The second-order valence-corrected chi connectivity index (χ2v) is 4.88. The van der Waals surface area contributed by atoms with Crippen LogP contribution in [-0.4, -0.2) is 21.0 Å². The third-order valence-corrected chi connectivity index (χ3v) is 3.56. The molecule has 0 amide bonds. The highest BCUT2D eigenvalue weighted by Crippen LogP contribution is 2.17. The number of hydrogen-bond acceptors (Lipinski definition) is 5. The lowest BCUT2D eigenvalue weighted by molar-refractivity contribution is 0.0691. The highest BCUT2D eigenvalue weighted by molar-refractivity contribution is 7.11. The van der Waals surface area contributed by atoms with Gasteiger partial charge in [-0.1, -0.05) is 0 Å². The number of nitrogens with zero attached hydrogens (tertiary/aromatic N) is 2. The number of carbonyl (C=O) groups is 1. The van der Waals surface area contributed by atoms with Crippen LogP contribution in [0.2, 0.25) is 0 Å². The van der Waals surface area contributed by atoms with E-state index in [1.54, 1.807) is 16.7 Å². The average molecular weight is 240 g/mol.